The number of hydrogen-bond acceptors (Lipinski definition) is 5. The molecule has 1 heterocycles. The highest BCUT2D eigenvalue weighted by atomic mass is 19.1. The van der Waals surface area contributed by atoms with Crippen LogP contribution in [-0.4, -0.2) is 47.6 Å². The number of carbonyl (C=O) groups is 2. The number of carbonyl (C=O) groups excluding carboxylic acids is 2. The molecule has 0 aromatic heterocycles. The van der Waals surface area contributed by atoms with Crippen LogP contribution in [-0.2, 0) is 11.2 Å². The number of halogens is 1. The van der Waals surface area contributed by atoms with Crippen LogP contribution in [0.5, 0.6) is 0 Å². The fraction of sp³-hybridized carbons (Fsp3) is 0.439. The van der Waals surface area contributed by atoms with E-state index in [-0.39, 0.29) is 19.1 Å². The molecule has 1 fully saturated rings. The number of aryl methyl sites for hydroxylation is 2. The van der Waals surface area contributed by atoms with Crippen LogP contribution in [0, 0.1) is 17.7 Å². The average molecular weight is 668 g/mol. The van der Waals surface area contributed by atoms with Crippen LogP contribution in [0.3, 0.4) is 0 Å². The van der Waals surface area contributed by atoms with Crippen molar-refractivity contribution in [3.05, 3.63) is 92.1 Å². The summed E-state index contributed by atoms with van der Waals surface area (Å²) in [7, 11) is 0. The van der Waals surface area contributed by atoms with Crippen molar-refractivity contribution >= 4 is 40.8 Å². The number of nitrogens with two attached hydrogens (primary N) is 1. The Balaban J connectivity index is 0.00000101. The molecule has 262 valence electrons. The van der Waals surface area contributed by atoms with E-state index in [1.54, 1.807) is 6.92 Å². The monoisotopic (exact) mass is 667 g/mol. The molecule has 0 unspecified atom stereocenters. The molecule has 8 heteroatoms. The van der Waals surface area contributed by atoms with Gasteiger partial charge in [-0.25, -0.2) is 0 Å². The summed E-state index contributed by atoms with van der Waals surface area (Å²) in [5.41, 5.74) is 18.4. The first-order valence-electron chi connectivity index (χ1n) is 17.7. The van der Waals surface area contributed by atoms with Crippen LogP contribution < -0.4 is 5.73 Å². The first-order valence-corrected chi connectivity index (χ1v) is 17.7. The van der Waals surface area contributed by atoms with E-state index in [9.17, 15) is 14.0 Å². The summed E-state index contributed by atoms with van der Waals surface area (Å²) in [6.07, 6.45) is 8.63. The van der Waals surface area contributed by atoms with E-state index < -0.39 is 5.91 Å². The van der Waals surface area contributed by atoms with Gasteiger partial charge < -0.3 is 11.1 Å². The lowest BCUT2D eigenvalue weighted by Gasteiger charge is -2.22. The number of benzene rings is 2. The summed E-state index contributed by atoms with van der Waals surface area (Å²) in [6.45, 7) is 13.9. The Morgan fingerprint density at radius 2 is 1.63 bits per heavy atom. The summed E-state index contributed by atoms with van der Waals surface area (Å²) in [5.74, 6) is -0.736. The van der Waals surface area contributed by atoms with Crippen molar-refractivity contribution < 1.29 is 14.0 Å². The van der Waals surface area contributed by atoms with Gasteiger partial charge in [0.15, 0.2) is 0 Å². The number of hydrogen-bond donors (Lipinski definition) is 3. The smallest absolute Gasteiger partial charge is 0.259 e. The van der Waals surface area contributed by atoms with Gasteiger partial charge in [0, 0.05) is 17.5 Å². The Morgan fingerprint density at radius 3 is 2.16 bits per heavy atom. The molecule has 0 saturated heterocycles. The first-order chi connectivity index (χ1) is 23.5. The molecule has 2 aliphatic carbocycles. The molecule has 0 bridgehead atoms. The zero-order valence-corrected chi connectivity index (χ0v) is 30.5. The fourth-order valence-electron chi connectivity index (χ4n) is 6.23. The minimum Gasteiger partial charge on any atom is -0.368 e. The van der Waals surface area contributed by atoms with Gasteiger partial charge in [0.2, 0.25) is 5.91 Å². The molecule has 2 amide bonds. The standard InChI is InChI=1S/C36H41N5O2.C3H7F.C2H6/c1-5-6-23-7-9-24(10-8-23)34(39)28-15-14-27(21(2)3)31(16-13-26(28)19-37)40-32-18-30-29(17-22(32)4)35(25-11-12-25)41(36(30)43)20-33(38)42;1-2-3-4;1-2/h7-10,17-19,37,39H,5-6,11-16,20H2,1-4H3,(H2,38,42);2-3H2,1H3;1-2H3/b28-26-,37-19?,39-34?,40-31?;;. The minimum atomic E-state index is -0.532. The van der Waals surface area contributed by atoms with E-state index in [2.05, 4.69) is 32.9 Å². The Hall–Kier alpha value is -4.46. The summed E-state index contributed by atoms with van der Waals surface area (Å²) in [6, 6.07) is 12.2. The van der Waals surface area contributed by atoms with Gasteiger partial charge in [-0.2, -0.15) is 0 Å². The third kappa shape index (κ3) is 9.58. The van der Waals surface area contributed by atoms with E-state index in [0.29, 0.717) is 37.0 Å². The number of amides is 2. The van der Waals surface area contributed by atoms with E-state index in [0.717, 1.165) is 82.6 Å². The lowest BCUT2D eigenvalue weighted by Crippen LogP contribution is -2.33. The van der Waals surface area contributed by atoms with Crippen LogP contribution in [0.25, 0.3) is 5.70 Å². The number of nitrogens with zero attached hydrogens (tertiary/aromatic N) is 2. The minimum absolute atomic E-state index is 0.129. The number of nitrogens with one attached hydrogen (secondary N) is 2. The highest BCUT2D eigenvalue weighted by Crippen LogP contribution is 2.45. The lowest BCUT2D eigenvalue weighted by molar-refractivity contribution is -0.118. The third-order valence-electron chi connectivity index (χ3n) is 8.78. The van der Waals surface area contributed by atoms with Gasteiger partial charge in [-0.1, -0.05) is 64.0 Å². The van der Waals surface area contributed by atoms with Crippen molar-refractivity contribution in [1.82, 2.24) is 4.90 Å². The number of alkyl halides is 1. The lowest BCUT2D eigenvalue weighted by atomic mass is 9.84. The molecular formula is C41H54FN5O2. The number of primary amides is 1. The Bertz CT molecular complexity index is 1680. The predicted molar refractivity (Wildman–Crippen MR) is 202 cm³/mol. The van der Waals surface area contributed by atoms with Crippen LogP contribution >= 0.6 is 0 Å². The van der Waals surface area contributed by atoms with Gasteiger partial charge >= 0.3 is 0 Å². The van der Waals surface area contributed by atoms with Gasteiger partial charge in [-0.15, -0.1) is 0 Å². The van der Waals surface area contributed by atoms with E-state index in [1.807, 2.05) is 45.0 Å². The number of aliphatic imine (C=N–C) groups is 1. The number of fused-ring (bicyclic) bond motifs is 1. The summed E-state index contributed by atoms with van der Waals surface area (Å²) >= 11 is 0. The average Bonchev–Trinajstić information content (AvgIpc) is 3.89. The predicted octanol–water partition coefficient (Wildman–Crippen LogP) is 9.78. The van der Waals surface area contributed by atoms with Crippen molar-refractivity contribution in [2.24, 2.45) is 10.7 Å². The normalized spacial score (nSPS) is 17.7. The Labute approximate surface area is 292 Å². The van der Waals surface area contributed by atoms with Crippen molar-refractivity contribution in [1.29, 1.82) is 10.8 Å². The van der Waals surface area contributed by atoms with Gasteiger partial charge in [-0.3, -0.25) is 29.3 Å². The molecular weight excluding hydrogens is 613 g/mol. The largest absolute Gasteiger partial charge is 0.368 e. The third-order valence-corrected chi connectivity index (χ3v) is 8.78. The molecule has 2 aromatic carbocycles. The van der Waals surface area contributed by atoms with Gasteiger partial charge in [0.05, 0.1) is 29.3 Å². The van der Waals surface area contributed by atoms with Crippen molar-refractivity contribution in [3.63, 3.8) is 0 Å². The molecule has 3 aliphatic rings. The molecule has 1 saturated carbocycles. The van der Waals surface area contributed by atoms with E-state index >= 15 is 0 Å². The number of rotatable bonds is 9. The summed E-state index contributed by atoms with van der Waals surface area (Å²) in [5, 5.41) is 17.3. The molecule has 1 aliphatic heterocycles. The summed E-state index contributed by atoms with van der Waals surface area (Å²) < 4.78 is 10.7. The van der Waals surface area contributed by atoms with Gasteiger partial charge in [-0.05, 0) is 123 Å². The highest BCUT2D eigenvalue weighted by molar-refractivity contribution is 6.14. The quantitative estimate of drug-likeness (QED) is 0.231. The van der Waals surface area contributed by atoms with Crippen LogP contribution in [0.15, 0.2) is 69.3 Å². The first kappa shape index (κ1) is 39.0. The van der Waals surface area contributed by atoms with E-state index in [1.165, 1.54) is 27.8 Å². The van der Waals surface area contributed by atoms with Crippen LogP contribution in [0.2, 0.25) is 0 Å². The Morgan fingerprint density at radius 1 is 0.980 bits per heavy atom. The maximum Gasteiger partial charge on any atom is 0.259 e. The zero-order valence-electron chi connectivity index (χ0n) is 30.5. The maximum absolute atomic E-state index is 13.4. The maximum atomic E-state index is 13.4. The Kier molecular flexibility index (Phi) is 14.6. The molecule has 4 N–H and O–H groups in total. The van der Waals surface area contributed by atoms with Gasteiger partial charge in [0.25, 0.3) is 5.91 Å². The van der Waals surface area contributed by atoms with Crippen LogP contribution in [0.1, 0.15) is 126 Å². The molecule has 7 nitrogen and oxygen atoms in total. The van der Waals surface area contributed by atoms with Crippen molar-refractivity contribution in [3.8, 4) is 0 Å². The van der Waals surface area contributed by atoms with Gasteiger partial charge in [0.1, 0.15) is 6.54 Å². The molecule has 49 heavy (non-hydrogen) atoms. The zero-order chi connectivity index (χ0) is 36.2. The van der Waals surface area contributed by atoms with Crippen molar-refractivity contribution in [2.75, 3.05) is 13.2 Å². The topological polar surface area (TPSA) is 123 Å². The molecule has 2 aromatic rings. The summed E-state index contributed by atoms with van der Waals surface area (Å²) in [4.78, 5) is 31.9. The molecule has 0 radical (unpaired) electrons. The highest BCUT2D eigenvalue weighted by Gasteiger charge is 2.38. The van der Waals surface area contributed by atoms with E-state index in [4.69, 9.17) is 21.5 Å². The van der Waals surface area contributed by atoms with Crippen LogP contribution in [0.4, 0.5) is 10.1 Å². The molecule has 0 atom stereocenters. The fourth-order valence-corrected chi connectivity index (χ4v) is 6.23. The SMILES string of the molecule is CC.CCCF.CCCc1ccc(C(=N)/C2=C(\C=N)CCC(=Nc3cc4c(cc3C)C(=C3CC3)N(CC(N)=O)C4=O)C(=C(C)C)CC2)cc1. The second kappa shape index (κ2) is 18.3. The number of allylic oxidation sites excluding steroid dienone is 5. The van der Waals surface area contributed by atoms with Crippen molar-refractivity contribution in [2.45, 2.75) is 106 Å². The second-order valence-electron chi connectivity index (χ2n) is 12.7. The second-order valence-corrected chi connectivity index (χ2v) is 12.7. The molecule has 0 spiro atoms. The molecule has 5 rings (SSSR count).